The monoisotopic (exact) mass is 291 g/mol. The Labute approximate surface area is 130 Å². The van der Waals surface area contributed by atoms with Gasteiger partial charge in [-0.15, -0.1) is 0 Å². The maximum atomic E-state index is 12.2. The maximum Gasteiger partial charge on any atom is 0.299 e. The summed E-state index contributed by atoms with van der Waals surface area (Å²) in [4.78, 5) is 14.0. The summed E-state index contributed by atoms with van der Waals surface area (Å²) in [5.74, 6) is 6.32. The molecule has 1 aliphatic heterocycles. The smallest absolute Gasteiger partial charge is 0.299 e. The van der Waals surface area contributed by atoms with Gasteiger partial charge in [0.2, 0.25) is 0 Å². The SMILES string of the molecule is COc1ccc(C#CC(=O)N2CCc3ccccc3C2)cc1. The molecule has 1 heterocycles. The predicted molar refractivity (Wildman–Crippen MR) is 85.4 cm³/mol. The van der Waals surface area contributed by atoms with E-state index in [1.54, 1.807) is 12.0 Å². The van der Waals surface area contributed by atoms with E-state index in [1.807, 2.05) is 36.4 Å². The predicted octanol–water partition coefficient (Wildman–Crippen LogP) is 2.63. The third-order valence-corrected chi connectivity index (χ3v) is 3.82. The normalized spacial score (nSPS) is 12.9. The van der Waals surface area contributed by atoms with Crippen molar-refractivity contribution in [3.63, 3.8) is 0 Å². The fourth-order valence-electron chi connectivity index (χ4n) is 2.55. The fourth-order valence-corrected chi connectivity index (χ4v) is 2.55. The van der Waals surface area contributed by atoms with Crippen LogP contribution >= 0.6 is 0 Å². The van der Waals surface area contributed by atoms with Crippen LogP contribution in [0, 0.1) is 11.8 Å². The van der Waals surface area contributed by atoms with Crippen LogP contribution in [-0.2, 0) is 17.8 Å². The molecule has 22 heavy (non-hydrogen) atoms. The van der Waals surface area contributed by atoms with Crippen LogP contribution in [0.3, 0.4) is 0 Å². The number of amides is 1. The van der Waals surface area contributed by atoms with Crippen LogP contribution in [0.4, 0.5) is 0 Å². The van der Waals surface area contributed by atoms with Crippen LogP contribution < -0.4 is 4.74 Å². The average molecular weight is 291 g/mol. The van der Waals surface area contributed by atoms with E-state index in [0.29, 0.717) is 6.54 Å². The molecule has 3 nitrogen and oxygen atoms in total. The molecule has 1 amide bonds. The number of ether oxygens (including phenoxy) is 1. The molecule has 0 fully saturated rings. The van der Waals surface area contributed by atoms with E-state index in [-0.39, 0.29) is 5.91 Å². The first-order valence-corrected chi connectivity index (χ1v) is 7.28. The first kappa shape index (κ1) is 14.2. The Morgan fingerprint density at radius 3 is 2.55 bits per heavy atom. The molecule has 0 saturated heterocycles. The van der Waals surface area contributed by atoms with Gasteiger partial charge < -0.3 is 9.64 Å². The molecular formula is C19H17NO2. The van der Waals surface area contributed by atoms with Crippen molar-refractivity contribution >= 4 is 5.91 Å². The number of methoxy groups -OCH3 is 1. The Hall–Kier alpha value is -2.73. The van der Waals surface area contributed by atoms with E-state index in [9.17, 15) is 4.79 Å². The van der Waals surface area contributed by atoms with Crippen LogP contribution in [0.5, 0.6) is 5.75 Å². The molecule has 0 atom stereocenters. The van der Waals surface area contributed by atoms with E-state index >= 15 is 0 Å². The van der Waals surface area contributed by atoms with Crippen molar-refractivity contribution in [3.05, 3.63) is 65.2 Å². The lowest BCUT2D eigenvalue weighted by Gasteiger charge is -2.27. The van der Waals surface area contributed by atoms with Crippen LogP contribution in [0.25, 0.3) is 0 Å². The minimum atomic E-state index is -0.120. The quantitative estimate of drug-likeness (QED) is 0.756. The highest BCUT2D eigenvalue weighted by molar-refractivity contribution is 5.94. The molecule has 0 aromatic heterocycles. The van der Waals surface area contributed by atoms with E-state index in [0.717, 1.165) is 24.3 Å². The molecule has 0 N–H and O–H groups in total. The lowest BCUT2D eigenvalue weighted by molar-refractivity contribution is -0.125. The molecule has 3 rings (SSSR count). The summed E-state index contributed by atoms with van der Waals surface area (Å²) in [6.45, 7) is 1.37. The van der Waals surface area contributed by atoms with Gasteiger partial charge >= 0.3 is 0 Å². The summed E-state index contributed by atoms with van der Waals surface area (Å²) in [5, 5.41) is 0. The van der Waals surface area contributed by atoms with Gasteiger partial charge in [0.15, 0.2) is 0 Å². The second-order valence-corrected chi connectivity index (χ2v) is 5.22. The number of hydrogen-bond donors (Lipinski definition) is 0. The molecule has 2 aromatic carbocycles. The highest BCUT2D eigenvalue weighted by Crippen LogP contribution is 2.18. The van der Waals surface area contributed by atoms with Crippen LogP contribution in [0.2, 0.25) is 0 Å². The van der Waals surface area contributed by atoms with Gasteiger partial charge in [0.25, 0.3) is 5.91 Å². The molecule has 3 heteroatoms. The largest absolute Gasteiger partial charge is 0.497 e. The van der Waals surface area contributed by atoms with Crippen molar-refractivity contribution in [2.75, 3.05) is 13.7 Å². The van der Waals surface area contributed by atoms with Crippen LogP contribution in [0.1, 0.15) is 16.7 Å². The van der Waals surface area contributed by atoms with Crippen molar-refractivity contribution in [2.24, 2.45) is 0 Å². The first-order chi connectivity index (χ1) is 10.8. The van der Waals surface area contributed by atoms with Gasteiger partial charge in [0, 0.05) is 24.6 Å². The maximum absolute atomic E-state index is 12.2. The number of hydrogen-bond acceptors (Lipinski definition) is 2. The van der Waals surface area contributed by atoms with Gasteiger partial charge in [-0.1, -0.05) is 30.2 Å². The number of rotatable bonds is 1. The van der Waals surface area contributed by atoms with Crippen LogP contribution in [0.15, 0.2) is 48.5 Å². The molecule has 2 aromatic rings. The molecule has 110 valence electrons. The summed E-state index contributed by atoms with van der Waals surface area (Å²) in [6.07, 6.45) is 0.895. The van der Waals surface area contributed by atoms with Crippen molar-refractivity contribution in [3.8, 4) is 17.6 Å². The zero-order chi connectivity index (χ0) is 15.4. The minimum Gasteiger partial charge on any atom is -0.497 e. The minimum absolute atomic E-state index is 0.120. The van der Waals surface area contributed by atoms with Gasteiger partial charge in [0.05, 0.1) is 7.11 Å². The molecule has 0 radical (unpaired) electrons. The molecule has 1 aliphatic rings. The standard InChI is InChI=1S/C19H17NO2/c1-22-18-9-6-15(7-10-18)8-11-19(21)20-13-12-16-4-2-3-5-17(16)14-20/h2-7,9-10H,12-14H2,1H3. The molecule has 0 spiro atoms. The Bertz CT molecular complexity index is 738. The summed E-state index contributed by atoms with van der Waals surface area (Å²) in [5.41, 5.74) is 3.36. The summed E-state index contributed by atoms with van der Waals surface area (Å²) in [7, 11) is 1.62. The Morgan fingerprint density at radius 2 is 1.82 bits per heavy atom. The van der Waals surface area contributed by atoms with Crippen molar-refractivity contribution < 1.29 is 9.53 Å². The lowest BCUT2D eigenvalue weighted by atomic mass is 10.00. The van der Waals surface area contributed by atoms with E-state index in [4.69, 9.17) is 4.74 Å². The van der Waals surface area contributed by atoms with E-state index < -0.39 is 0 Å². The molecule has 0 saturated carbocycles. The number of carbonyl (C=O) groups excluding carboxylic acids is 1. The molecule has 0 unspecified atom stereocenters. The molecule has 0 aliphatic carbocycles. The van der Waals surface area contributed by atoms with Gasteiger partial charge in [-0.3, -0.25) is 4.79 Å². The zero-order valence-electron chi connectivity index (χ0n) is 12.5. The highest BCUT2D eigenvalue weighted by atomic mass is 16.5. The fraction of sp³-hybridized carbons (Fsp3) is 0.211. The Balaban J connectivity index is 1.69. The van der Waals surface area contributed by atoms with Gasteiger partial charge in [-0.05, 0) is 41.8 Å². The topological polar surface area (TPSA) is 29.5 Å². The Morgan fingerprint density at radius 1 is 1.09 bits per heavy atom. The highest BCUT2D eigenvalue weighted by Gasteiger charge is 2.18. The van der Waals surface area contributed by atoms with Crippen molar-refractivity contribution in [2.45, 2.75) is 13.0 Å². The van der Waals surface area contributed by atoms with Crippen LogP contribution in [-0.4, -0.2) is 24.5 Å². The number of nitrogens with zero attached hydrogens (tertiary/aromatic N) is 1. The second-order valence-electron chi connectivity index (χ2n) is 5.22. The summed E-state index contributed by atoms with van der Waals surface area (Å²) < 4.78 is 5.10. The molecular weight excluding hydrogens is 274 g/mol. The van der Waals surface area contributed by atoms with E-state index in [2.05, 4.69) is 24.0 Å². The van der Waals surface area contributed by atoms with Gasteiger partial charge in [0.1, 0.15) is 5.75 Å². The average Bonchev–Trinajstić information content (AvgIpc) is 2.59. The van der Waals surface area contributed by atoms with Gasteiger partial charge in [-0.2, -0.15) is 0 Å². The van der Waals surface area contributed by atoms with Crippen molar-refractivity contribution in [1.82, 2.24) is 4.90 Å². The third kappa shape index (κ3) is 3.12. The third-order valence-electron chi connectivity index (χ3n) is 3.82. The number of fused-ring (bicyclic) bond motifs is 1. The second kappa shape index (κ2) is 6.36. The lowest BCUT2D eigenvalue weighted by Crippen LogP contribution is -2.35. The zero-order valence-corrected chi connectivity index (χ0v) is 12.5. The number of benzene rings is 2. The molecule has 0 bridgehead atoms. The first-order valence-electron chi connectivity index (χ1n) is 7.28. The summed E-state index contributed by atoms with van der Waals surface area (Å²) in [6, 6.07) is 15.6. The van der Waals surface area contributed by atoms with Crippen molar-refractivity contribution in [1.29, 1.82) is 0 Å². The van der Waals surface area contributed by atoms with E-state index in [1.165, 1.54) is 11.1 Å². The summed E-state index contributed by atoms with van der Waals surface area (Å²) >= 11 is 0. The Kier molecular flexibility index (Phi) is 4.11. The van der Waals surface area contributed by atoms with Gasteiger partial charge in [-0.25, -0.2) is 0 Å². The number of carbonyl (C=O) groups is 1.